The van der Waals surface area contributed by atoms with Crippen molar-refractivity contribution in [3.63, 3.8) is 0 Å². The number of nitrogens with one attached hydrogen (secondary N) is 1. The number of urea groups is 1. The van der Waals surface area contributed by atoms with Gasteiger partial charge in [0.05, 0.1) is 0 Å². The molecule has 19 heavy (non-hydrogen) atoms. The maximum absolute atomic E-state index is 13.5. The van der Waals surface area contributed by atoms with Crippen molar-refractivity contribution in [2.75, 3.05) is 13.6 Å². The Morgan fingerprint density at radius 2 is 2.16 bits per heavy atom. The number of carbonyl (C=O) groups is 2. The molecule has 104 valence electrons. The van der Waals surface area contributed by atoms with Gasteiger partial charge in [-0.05, 0) is 19.2 Å². The monoisotopic (exact) mass is 287 g/mol. The molecule has 5 nitrogen and oxygen atoms in total. The van der Waals surface area contributed by atoms with Crippen LogP contribution >= 0.6 is 11.6 Å². The number of hydrogen-bond acceptors (Lipinski definition) is 3. The predicted molar refractivity (Wildman–Crippen MR) is 70.1 cm³/mol. The second-order valence-corrected chi connectivity index (χ2v) is 4.51. The maximum Gasteiger partial charge on any atom is 0.318 e. The van der Waals surface area contributed by atoms with Crippen LogP contribution in [0.15, 0.2) is 18.2 Å². The van der Waals surface area contributed by atoms with Gasteiger partial charge in [-0.2, -0.15) is 0 Å². The van der Waals surface area contributed by atoms with Crippen LogP contribution in [0, 0.1) is 5.82 Å². The van der Waals surface area contributed by atoms with Gasteiger partial charge < -0.3 is 10.6 Å². The number of halogens is 2. The molecule has 1 aromatic carbocycles. The molecule has 3 N–H and O–H groups in total. The number of benzene rings is 1. The molecule has 0 atom stereocenters. The van der Waals surface area contributed by atoms with Crippen LogP contribution in [0.4, 0.5) is 9.18 Å². The Bertz CT molecular complexity index is 462. The van der Waals surface area contributed by atoms with E-state index in [9.17, 15) is 14.0 Å². The van der Waals surface area contributed by atoms with Crippen LogP contribution in [0.2, 0.25) is 5.02 Å². The van der Waals surface area contributed by atoms with Gasteiger partial charge in [0.1, 0.15) is 5.82 Å². The van der Waals surface area contributed by atoms with Gasteiger partial charge in [0.15, 0.2) is 0 Å². The van der Waals surface area contributed by atoms with Crippen molar-refractivity contribution in [2.45, 2.75) is 13.0 Å². The third-order valence-electron chi connectivity index (χ3n) is 2.47. The molecule has 0 aliphatic rings. The van der Waals surface area contributed by atoms with E-state index in [4.69, 9.17) is 17.3 Å². The number of carbonyl (C=O) groups excluding carboxylic acids is 2. The van der Waals surface area contributed by atoms with Crippen LogP contribution in [0.5, 0.6) is 0 Å². The van der Waals surface area contributed by atoms with E-state index < -0.39 is 11.9 Å². The highest BCUT2D eigenvalue weighted by atomic mass is 35.5. The number of hydrogen-bond donors (Lipinski definition) is 2. The fraction of sp³-hybridized carbons (Fsp3) is 0.333. The van der Waals surface area contributed by atoms with Crippen LogP contribution in [0.25, 0.3) is 0 Å². The molecule has 0 aromatic heterocycles. The first kappa shape index (κ1) is 15.4. The smallest absolute Gasteiger partial charge is 0.318 e. The summed E-state index contributed by atoms with van der Waals surface area (Å²) < 4.78 is 13.5. The van der Waals surface area contributed by atoms with Gasteiger partial charge in [-0.25, -0.2) is 9.18 Å². The quantitative estimate of drug-likeness (QED) is 0.862. The summed E-state index contributed by atoms with van der Waals surface area (Å²) in [5, 5.41) is 2.30. The minimum atomic E-state index is -0.884. The molecule has 0 bridgehead atoms. The maximum atomic E-state index is 13.5. The lowest BCUT2D eigenvalue weighted by molar-refractivity contribution is -0.120. The highest BCUT2D eigenvalue weighted by Crippen LogP contribution is 2.20. The van der Waals surface area contributed by atoms with Gasteiger partial charge in [-0.3, -0.25) is 10.1 Å². The highest BCUT2D eigenvalue weighted by Gasteiger charge is 2.11. The minimum Gasteiger partial charge on any atom is -0.351 e. The molecule has 0 spiro atoms. The number of primary amides is 1. The van der Waals surface area contributed by atoms with E-state index in [1.54, 1.807) is 18.0 Å². The Kier molecular flexibility index (Phi) is 5.72. The summed E-state index contributed by atoms with van der Waals surface area (Å²) in [5.74, 6) is -0.861. The Morgan fingerprint density at radius 1 is 1.47 bits per heavy atom. The van der Waals surface area contributed by atoms with E-state index in [-0.39, 0.29) is 18.8 Å². The number of rotatable bonds is 5. The third kappa shape index (κ3) is 5.23. The van der Waals surface area contributed by atoms with E-state index in [1.807, 2.05) is 5.32 Å². The zero-order valence-electron chi connectivity index (χ0n) is 10.5. The van der Waals surface area contributed by atoms with Gasteiger partial charge in [0.2, 0.25) is 5.91 Å². The van der Waals surface area contributed by atoms with Gasteiger partial charge in [0.25, 0.3) is 0 Å². The van der Waals surface area contributed by atoms with Crippen molar-refractivity contribution in [3.05, 3.63) is 34.6 Å². The van der Waals surface area contributed by atoms with Crippen molar-refractivity contribution in [1.82, 2.24) is 10.2 Å². The Morgan fingerprint density at radius 3 is 2.74 bits per heavy atom. The summed E-state index contributed by atoms with van der Waals surface area (Å²) >= 11 is 5.90. The molecule has 0 radical (unpaired) electrons. The van der Waals surface area contributed by atoms with Gasteiger partial charge in [-0.1, -0.05) is 17.7 Å². The molecule has 0 saturated heterocycles. The fourth-order valence-electron chi connectivity index (χ4n) is 1.52. The zero-order chi connectivity index (χ0) is 14.4. The fourth-order valence-corrected chi connectivity index (χ4v) is 1.75. The normalized spacial score (nSPS) is 10.5. The minimum absolute atomic E-state index is 0.0888. The molecule has 0 aliphatic carbocycles. The van der Waals surface area contributed by atoms with Crippen molar-refractivity contribution in [2.24, 2.45) is 5.73 Å². The van der Waals surface area contributed by atoms with Crippen molar-refractivity contribution >= 4 is 23.5 Å². The molecule has 0 unspecified atom stereocenters. The SMILES string of the molecule is CN(CCC(=O)NC(N)=O)Cc1c(F)cccc1Cl. The second-order valence-electron chi connectivity index (χ2n) is 4.10. The summed E-state index contributed by atoms with van der Waals surface area (Å²) in [6, 6.07) is 3.58. The van der Waals surface area contributed by atoms with Crippen LogP contribution in [-0.4, -0.2) is 30.4 Å². The Balaban J connectivity index is 2.49. The lowest BCUT2D eigenvalue weighted by Gasteiger charge is -2.17. The largest absolute Gasteiger partial charge is 0.351 e. The number of nitrogens with zero attached hydrogens (tertiary/aromatic N) is 1. The predicted octanol–water partition coefficient (Wildman–Crippen LogP) is 1.50. The number of nitrogens with two attached hydrogens (primary N) is 1. The van der Waals surface area contributed by atoms with Crippen LogP contribution < -0.4 is 11.1 Å². The summed E-state index contributed by atoms with van der Waals surface area (Å²) in [5.41, 5.74) is 5.19. The average molecular weight is 288 g/mol. The van der Waals surface area contributed by atoms with E-state index >= 15 is 0 Å². The second kappa shape index (κ2) is 7.06. The zero-order valence-corrected chi connectivity index (χ0v) is 11.2. The molecule has 1 rings (SSSR count). The Hall–Kier alpha value is -1.66. The summed E-state index contributed by atoms with van der Waals surface area (Å²) in [7, 11) is 1.72. The Labute approximate surface area is 115 Å². The van der Waals surface area contributed by atoms with Gasteiger partial charge >= 0.3 is 6.03 Å². The standard InChI is InChI=1S/C12H15ClFN3O2/c1-17(6-5-11(18)16-12(15)19)7-8-9(13)3-2-4-10(8)14/h2-4H,5-7H2,1H3,(H3,15,16,18,19). The first-order chi connectivity index (χ1) is 8.90. The van der Waals surface area contributed by atoms with E-state index in [0.717, 1.165) is 0 Å². The summed E-state index contributed by atoms with van der Waals surface area (Å²) in [4.78, 5) is 23.4. The lowest BCUT2D eigenvalue weighted by Crippen LogP contribution is -2.36. The molecular formula is C12H15ClFN3O2. The molecule has 7 heteroatoms. The van der Waals surface area contributed by atoms with Crippen LogP contribution in [-0.2, 0) is 11.3 Å². The molecule has 3 amide bonds. The van der Waals surface area contributed by atoms with Crippen molar-refractivity contribution in [1.29, 1.82) is 0 Å². The van der Waals surface area contributed by atoms with Crippen LogP contribution in [0.1, 0.15) is 12.0 Å². The van der Waals surface area contributed by atoms with E-state index in [0.29, 0.717) is 17.1 Å². The van der Waals surface area contributed by atoms with E-state index in [2.05, 4.69) is 0 Å². The van der Waals surface area contributed by atoms with Gasteiger partial charge in [-0.15, -0.1) is 0 Å². The van der Waals surface area contributed by atoms with Crippen molar-refractivity contribution in [3.8, 4) is 0 Å². The molecule has 0 saturated carbocycles. The van der Waals surface area contributed by atoms with Crippen molar-refractivity contribution < 1.29 is 14.0 Å². The average Bonchev–Trinajstić information content (AvgIpc) is 2.30. The molecule has 0 fully saturated rings. The lowest BCUT2D eigenvalue weighted by atomic mass is 10.2. The molecule has 1 aromatic rings. The van der Waals surface area contributed by atoms with Crippen LogP contribution in [0.3, 0.4) is 0 Å². The van der Waals surface area contributed by atoms with Gasteiger partial charge in [0, 0.05) is 30.1 Å². The van der Waals surface area contributed by atoms with E-state index in [1.165, 1.54) is 12.1 Å². The highest BCUT2D eigenvalue weighted by molar-refractivity contribution is 6.31. The number of amides is 3. The first-order valence-corrected chi connectivity index (χ1v) is 5.98. The topological polar surface area (TPSA) is 75.4 Å². The first-order valence-electron chi connectivity index (χ1n) is 5.61. The summed E-state index contributed by atoms with van der Waals surface area (Å²) in [6.45, 7) is 0.624. The third-order valence-corrected chi connectivity index (χ3v) is 2.83. The number of imide groups is 1. The molecule has 0 heterocycles. The molecule has 0 aliphatic heterocycles. The molecular weight excluding hydrogens is 273 g/mol. The summed E-state index contributed by atoms with van der Waals surface area (Å²) in [6.07, 6.45) is 0.0888.